The van der Waals surface area contributed by atoms with Crippen molar-refractivity contribution in [2.75, 3.05) is 6.26 Å². The van der Waals surface area contributed by atoms with Gasteiger partial charge in [0.25, 0.3) is 5.89 Å². The van der Waals surface area contributed by atoms with E-state index in [-0.39, 0.29) is 11.7 Å². The Kier molecular flexibility index (Phi) is 3.45. The molecule has 0 amide bonds. The summed E-state index contributed by atoms with van der Waals surface area (Å²) in [7, 11) is -3.41. The molecular formula is C13H16N6O3S. The van der Waals surface area contributed by atoms with Gasteiger partial charge in [-0.1, -0.05) is 5.16 Å². The van der Waals surface area contributed by atoms with Crippen LogP contribution in [0.4, 0.5) is 0 Å². The van der Waals surface area contributed by atoms with E-state index in [0.29, 0.717) is 16.7 Å². The molecule has 0 saturated carbocycles. The van der Waals surface area contributed by atoms with Gasteiger partial charge in [0.05, 0.1) is 22.9 Å². The first-order valence-corrected chi connectivity index (χ1v) is 8.70. The van der Waals surface area contributed by atoms with E-state index in [9.17, 15) is 8.42 Å². The topological polar surface area (TPSA) is 127 Å². The Morgan fingerprint density at radius 2 is 2.04 bits per heavy atom. The minimum atomic E-state index is -3.41. The average molecular weight is 336 g/mol. The zero-order valence-corrected chi connectivity index (χ0v) is 13.9. The van der Waals surface area contributed by atoms with Crippen LogP contribution in [-0.2, 0) is 15.6 Å². The smallest absolute Gasteiger partial charge is 0.260 e. The monoisotopic (exact) mass is 336 g/mol. The number of aromatic nitrogens is 5. The number of nitrogens with zero attached hydrogens (tertiary/aromatic N) is 4. The highest BCUT2D eigenvalue weighted by molar-refractivity contribution is 7.88. The molecule has 3 rings (SSSR count). The van der Waals surface area contributed by atoms with Gasteiger partial charge in [0, 0.05) is 6.20 Å². The number of fused-ring (bicyclic) bond motifs is 1. The quantitative estimate of drug-likeness (QED) is 0.730. The van der Waals surface area contributed by atoms with Crippen molar-refractivity contribution in [3.63, 3.8) is 0 Å². The summed E-state index contributed by atoms with van der Waals surface area (Å²) >= 11 is 0. The number of hydrogen-bond donors (Lipinski definition) is 2. The fourth-order valence-electron chi connectivity index (χ4n) is 2.30. The van der Waals surface area contributed by atoms with Crippen molar-refractivity contribution in [1.29, 1.82) is 0 Å². The molecule has 0 atom stereocenters. The predicted molar refractivity (Wildman–Crippen MR) is 82.9 cm³/mol. The fraction of sp³-hybridized carbons (Fsp3) is 0.385. The molecule has 122 valence electrons. The molecule has 2 N–H and O–H groups in total. The highest BCUT2D eigenvalue weighted by atomic mass is 32.2. The number of nitrogens with one attached hydrogen (secondary N) is 2. The van der Waals surface area contributed by atoms with Crippen LogP contribution in [0.2, 0.25) is 0 Å². The number of H-pyrrole nitrogens is 1. The number of aromatic amines is 1. The molecule has 0 aliphatic carbocycles. The average Bonchev–Trinajstić information content (AvgIpc) is 3.00. The van der Waals surface area contributed by atoms with Crippen LogP contribution < -0.4 is 4.72 Å². The van der Waals surface area contributed by atoms with E-state index in [1.165, 1.54) is 0 Å². The highest BCUT2D eigenvalue weighted by Gasteiger charge is 2.30. The second kappa shape index (κ2) is 5.10. The molecule has 23 heavy (non-hydrogen) atoms. The van der Waals surface area contributed by atoms with E-state index < -0.39 is 15.6 Å². The SMILES string of the molecule is Cc1nc2nccc(-c3nc(C(C)(C)NS(C)(=O)=O)no3)c2[nH]1. The van der Waals surface area contributed by atoms with Crippen LogP contribution in [0, 0.1) is 6.92 Å². The molecule has 3 aromatic rings. The van der Waals surface area contributed by atoms with Crippen LogP contribution >= 0.6 is 0 Å². The molecule has 3 aromatic heterocycles. The summed E-state index contributed by atoms with van der Waals surface area (Å²) in [4.78, 5) is 15.8. The summed E-state index contributed by atoms with van der Waals surface area (Å²) < 4.78 is 30.7. The molecule has 0 aliphatic rings. The number of sulfonamides is 1. The fourth-order valence-corrected chi connectivity index (χ4v) is 3.32. The molecule has 0 unspecified atom stereocenters. The molecule has 3 heterocycles. The van der Waals surface area contributed by atoms with Crippen molar-refractivity contribution in [2.24, 2.45) is 0 Å². The second-order valence-corrected chi connectivity index (χ2v) is 7.55. The van der Waals surface area contributed by atoms with Crippen LogP contribution in [0.3, 0.4) is 0 Å². The molecule has 0 saturated heterocycles. The standard InChI is InChI=1S/C13H16N6O3S/c1-7-15-9-8(5-6-14-10(9)16-7)11-17-12(18-22-11)13(2,3)19-23(4,20)21/h5-6,19H,1-4H3,(H,14,15,16). The number of imidazole rings is 1. The van der Waals surface area contributed by atoms with E-state index in [1.54, 1.807) is 26.1 Å². The Hall–Kier alpha value is -2.33. The normalized spacial score (nSPS) is 12.9. The molecule has 10 heteroatoms. The molecule has 0 fully saturated rings. The number of rotatable bonds is 4. The van der Waals surface area contributed by atoms with Gasteiger partial charge in [-0.3, -0.25) is 0 Å². The Morgan fingerprint density at radius 3 is 2.74 bits per heavy atom. The van der Waals surface area contributed by atoms with Gasteiger partial charge in [0.1, 0.15) is 5.82 Å². The first-order chi connectivity index (χ1) is 10.7. The third kappa shape index (κ3) is 3.08. The lowest BCUT2D eigenvalue weighted by atomic mass is 10.1. The van der Waals surface area contributed by atoms with Crippen molar-refractivity contribution >= 4 is 21.2 Å². The van der Waals surface area contributed by atoms with Gasteiger partial charge in [-0.25, -0.2) is 23.1 Å². The van der Waals surface area contributed by atoms with E-state index >= 15 is 0 Å². The van der Waals surface area contributed by atoms with Crippen molar-refractivity contribution in [3.05, 3.63) is 23.9 Å². The summed E-state index contributed by atoms with van der Waals surface area (Å²) in [6.45, 7) is 5.14. The lowest BCUT2D eigenvalue weighted by Gasteiger charge is -2.20. The van der Waals surface area contributed by atoms with Crippen molar-refractivity contribution in [2.45, 2.75) is 26.3 Å². The third-order valence-corrected chi connectivity index (χ3v) is 4.05. The lowest BCUT2D eigenvalue weighted by molar-refractivity contribution is 0.382. The van der Waals surface area contributed by atoms with Crippen molar-refractivity contribution < 1.29 is 12.9 Å². The molecule has 0 bridgehead atoms. The van der Waals surface area contributed by atoms with Gasteiger partial charge < -0.3 is 9.51 Å². The summed E-state index contributed by atoms with van der Waals surface area (Å²) in [5.74, 6) is 1.22. The maximum atomic E-state index is 11.5. The summed E-state index contributed by atoms with van der Waals surface area (Å²) in [6, 6.07) is 1.73. The van der Waals surface area contributed by atoms with Gasteiger partial charge in [-0.05, 0) is 26.8 Å². The largest absolute Gasteiger partial charge is 0.340 e. The first kappa shape index (κ1) is 15.6. The Balaban J connectivity index is 2.04. The Bertz CT molecular complexity index is 973. The zero-order chi connectivity index (χ0) is 16.8. The molecule has 0 aromatic carbocycles. The van der Waals surface area contributed by atoms with Crippen LogP contribution in [0.15, 0.2) is 16.8 Å². The van der Waals surface area contributed by atoms with Crippen LogP contribution in [-0.4, -0.2) is 39.8 Å². The number of pyridine rings is 1. The van der Waals surface area contributed by atoms with Crippen LogP contribution in [0.5, 0.6) is 0 Å². The Morgan fingerprint density at radius 1 is 1.30 bits per heavy atom. The maximum absolute atomic E-state index is 11.5. The van der Waals surface area contributed by atoms with Gasteiger partial charge in [-0.15, -0.1) is 0 Å². The van der Waals surface area contributed by atoms with E-state index in [4.69, 9.17) is 4.52 Å². The lowest BCUT2D eigenvalue weighted by Crippen LogP contribution is -2.41. The number of hydrogen-bond acceptors (Lipinski definition) is 7. The predicted octanol–water partition coefficient (Wildman–Crippen LogP) is 1.10. The highest BCUT2D eigenvalue weighted by Crippen LogP contribution is 2.27. The number of aryl methyl sites for hydroxylation is 1. The van der Waals surface area contributed by atoms with Crippen molar-refractivity contribution in [1.82, 2.24) is 29.8 Å². The summed E-state index contributed by atoms with van der Waals surface area (Å²) in [5, 5.41) is 3.89. The van der Waals surface area contributed by atoms with Gasteiger partial charge in [0.15, 0.2) is 11.5 Å². The first-order valence-electron chi connectivity index (χ1n) is 6.80. The zero-order valence-electron chi connectivity index (χ0n) is 13.1. The van der Waals surface area contributed by atoms with E-state index in [1.807, 2.05) is 6.92 Å². The third-order valence-electron chi connectivity index (χ3n) is 3.17. The van der Waals surface area contributed by atoms with Gasteiger partial charge in [-0.2, -0.15) is 4.98 Å². The summed E-state index contributed by atoms with van der Waals surface area (Å²) in [6.07, 6.45) is 2.68. The second-order valence-electron chi connectivity index (χ2n) is 5.80. The molecule has 0 radical (unpaired) electrons. The minimum Gasteiger partial charge on any atom is -0.340 e. The molecule has 0 spiro atoms. The maximum Gasteiger partial charge on any atom is 0.260 e. The van der Waals surface area contributed by atoms with E-state index in [0.717, 1.165) is 12.1 Å². The van der Waals surface area contributed by atoms with Crippen LogP contribution in [0.25, 0.3) is 22.6 Å². The van der Waals surface area contributed by atoms with Crippen LogP contribution in [0.1, 0.15) is 25.5 Å². The molecule has 0 aliphatic heterocycles. The van der Waals surface area contributed by atoms with Crippen molar-refractivity contribution in [3.8, 4) is 11.5 Å². The molecular weight excluding hydrogens is 320 g/mol. The van der Waals surface area contributed by atoms with E-state index in [2.05, 4.69) is 29.8 Å². The van der Waals surface area contributed by atoms with Gasteiger partial charge in [0.2, 0.25) is 10.0 Å². The van der Waals surface area contributed by atoms with Gasteiger partial charge >= 0.3 is 0 Å². The molecule has 9 nitrogen and oxygen atoms in total. The Labute approximate surface area is 132 Å². The summed E-state index contributed by atoms with van der Waals surface area (Å²) in [5.41, 5.74) is 0.901. The minimum absolute atomic E-state index is 0.235.